The maximum atomic E-state index is 4.48. The molecule has 6 nitrogen and oxygen atoms in total. The minimum absolute atomic E-state index is 0.709. The Bertz CT molecular complexity index is 958. The van der Waals surface area contributed by atoms with Crippen molar-refractivity contribution in [2.45, 2.75) is 13.0 Å². The van der Waals surface area contributed by atoms with Crippen molar-refractivity contribution in [2.75, 3.05) is 11.9 Å². The van der Waals surface area contributed by atoms with Gasteiger partial charge in [-0.3, -0.25) is 0 Å². The van der Waals surface area contributed by atoms with E-state index in [9.17, 15) is 0 Å². The summed E-state index contributed by atoms with van der Waals surface area (Å²) in [5, 5.41) is 4.33. The third-order valence-corrected chi connectivity index (χ3v) is 4.02. The number of nitrogens with zero attached hydrogens (tertiary/aromatic N) is 5. The molecular weight excluding hydrogens is 312 g/mol. The summed E-state index contributed by atoms with van der Waals surface area (Å²) >= 11 is 0. The second kappa shape index (κ2) is 7.09. The highest BCUT2D eigenvalue weighted by Gasteiger charge is 2.06. The number of imidazole rings is 1. The van der Waals surface area contributed by atoms with Crippen molar-refractivity contribution in [3.63, 3.8) is 0 Å². The molecule has 0 amide bonds. The molecule has 4 rings (SSSR count). The lowest BCUT2D eigenvalue weighted by atomic mass is 10.2. The van der Waals surface area contributed by atoms with Crippen LogP contribution in [-0.2, 0) is 6.54 Å². The molecule has 1 N–H and O–H groups in total. The summed E-state index contributed by atoms with van der Waals surface area (Å²) in [5.41, 5.74) is 1.84. The summed E-state index contributed by atoms with van der Waals surface area (Å²) in [7, 11) is 0. The smallest absolute Gasteiger partial charge is 0.164 e. The largest absolute Gasteiger partial charge is 0.369 e. The maximum Gasteiger partial charge on any atom is 0.164 e. The molecule has 3 aromatic heterocycles. The highest BCUT2D eigenvalue weighted by atomic mass is 15.1. The highest BCUT2D eigenvalue weighted by molar-refractivity contribution is 5.85. The molecule has 1 aromatic carbocycles. The Labute approximate surface area is 145 Å². The molecule has 0 aliphatic rings. The maximum absolute atomic E-state index is 4.48. The summed E-state index contributed by atoms with van der Waals surface area (Å²) in [6.07, 6.45) is 8.11. The van der Waals surface area contributed by atoms with E-state index in [1.165, 1.54) is 0 Å². The number of aromatic nitrogens is 5. The Balaban J connectivity index is 1.40. The van der Waals surface area contributed by atoms with Crippen LogP contribution in [0, 0.1) is 0 Å². The number of hydrogen-bond acceptors (Lipinski definition) is 5. The van der Waals surface area contributed by atoms with Gasteiger partial charge in [-0.15, -0.1) is 0 Å². The molecule has 4 aromatic rings. The van der Waals surface area contributed by atoms with Gasteiger partial charge in [-0.05, 0) is 18.6 Å². The summed E-state index contributed by atoms with van der Waals surface area (Å²) < 4.78 is 2.18. The minimum Gasteiger partial charge on any atom is -0.369 e. The van der Waals surface area contributed by atoms with Gasteiger partial charge < -0.3 is 9.88 Å². The van der Waals surface area contributed by atoms with E-state index in [1.807, 2.05) is 42.7 Å². The molecule has 0 aliphatic carbocycles. The first-order chi connectivity index (χ1) is 12.4. The van der Waals surface area contributed by atoms with E-state index in [-0.39, 0.29) is 0 Å². The fraction of sp³-hybridized carbons (Fsp3) is 0.158. The van der Waals surface area contributed by atoms with E-state index in [0.717, 1.165) is 42.1 Å². The first-order valence-corrected chi connectivity index (χ1v) is 8.28. The molecule has 25 heavy (non-hydrogen) atoms. The van der Waals surface area contributed by atoms with Crippen molar-refractivity contribution in [3.05, 3.63) is 67.4 Å². The molecule has 0 radical (unpaired) electrons. The second-order valence-electron chi connectivity index (χ2n) is 5.69. The monoisotopic (exact) mass is 330 g/mol. The summed E-state index contributed by atoms with van der Waals surface area (Å²) in [4.78, 5) is 17.2. The topological polar surface area (TPSA) is 68.5 Å². The first kappa shape index (κ1) is 15.3. The molecule has 6 heteroatoms. The normalized spacial score (nSPS) is 10.9. The van der Waals surface area contributed by atoms with Gasteiger partial charge in [0.1, 0.15) is 18.0 Å². The number of rotatable bonds is 6. The molecule has 0 fully saturated rings. The third-order valence-electron chi connectivity index (χ3n) is 4.02. The second-order valence-corrected chi connectivity index (χ2v) is 5.69. The SMILES string of the molecule is c1ccc(-c2nccn2CCCNc2ncnc3ncccc23)cc1. The van der Waals surface area contributed by atoms with E-state index in [4.69, 9.17) is 0 Å². The number of anilines is 1. The average molecular weight is 330 g/mol. The third kappa shape index (κ3) is 3.33. The van der Waals surface area contributed by atoms with E-state index >= 15 is 0 Å². The molecule has 0 saturated carbocycles. The predicted octanol–water partition coefficient (Wildman–Crippen LogP) is 3.39. The standard InChI is InChI=1S/C19H18N6/c1-2-6-15(7-3-1)19-22-11-13-25(19)12-5-10-21-18-16-8-4-9-20-17(16)23-14-24-18/h1-4,6-9,11,13-14H,5,10,12H2,(H,20,21,23,24). The van der Waals surface area contributed by atoms with Crippen LogP contribution in [0.4, 0.5) is 5.82 Å². The van der Waals surface area contributed by atoms with Crippen molar-refractivity contribution in [2.24, 2.45) is 0 Å². The van der Waals surface area contributed by atoms with Crippen molar-refractivity contribution >= 4 is 16.9 Å². The molecule has 124 valence electrons. The number of nitrogens with one attached hydrogen (secondary N) is 1. The van der Waals surface area contributed by atoms with E-state index < -0.39 is 0 Å². The van der Waals surface area contributed by atoms with Gasteiger partial charge in [0.15, 0.2) is 5.65 Å². The number of fused-ring (bicyclic) bond motifs is 1. The van der Waals surface area contributed by atoms with Crippen LogP contribution < -0.4 is 5.32 Å². The zero-order valence-corrected chi connectivity index (χ0v) is 13.7. The minimum atomic E-state index is 0.709. The summed E-state index contributed by atoms with van der Waals surface area (Å²) in [6, 6.07) is 14.1. The van der Waals surface area contributed by atoms with Gasteiger partial charge in [-0.1, -0.05) is 30.3 Å². The van der Waals surface area contributed by atoms with Crippen LogP contribution in [0.2, 0.25) is 0 Å². The number of aryl methyl sites for hydroxylation is 1. The number of pyridine rings is 1. The van der Waals surface area contributed by atoms with Gasteiger partial charge in [0, 0.05) is 37.2 Å². The van der Waals surface area contributed by atoms with Gasteiger partial charge in [0.2, 0.25) is 0 Å². The summed E-state index contributed by atoms with van der Waals surface area (Å²) in [5.74, 6) is 1.82. The molecule has 0 saturated heterocycles. The molecule has 0 aliphatic heterocycles. The predicted molar refractivity (Wildman–Crippen MR) is 98.1 cm³/mol. The summed E-state index contributed by atoms with van der Waals surface area (Å²) in [6.45, 7) is 1.70. The molecular formula is C19H18N6. The number of hydrogen-bond donors (Lipinski definition) is 1. The van der Waals surface area contributed by atoms with Crippen LogP contribution in [0.1, 0.15) is 6.42 Å². The Morgan fingerprint density at radius 2 is 1.80 bits per heavy atom. The zero-order chi connectivity index (χ0) is 16.9. The Hall–Kier alpha value is -3.28. The Morgan fingerprint density at radius 1 is 0.880 bits per heavy atom. The van der Waals surface area contributed by atoms with Crippen molar-refractivity contribution in [3.8, 4) is 11.4 Å². The van der Waals surface area contributed by atoms with E-state index in [2.05, 4.69) is 42.0 Å². The van der Waals surface area contributed by atoms with Gasteiger partial charge in [-0.25, -0.2) is 19.9 Å². The van der Waals surface area contributed by atoms with Gasteiger partial charge in [0.25, 0.3) is 0 Å². The zero-order valence-electron chi connectivity index (χ0n) is 13.7. The molecule has 0 unspecified atom stereocenters. The van der Waals surface area contributed by atoms with E-state index in [1.54, 1.807) is 12.5 Å². The van der Waals surface area contributed by atoms with Crippen molar-refractivity contribution in [1.82, 2.24) is 24.5 Å². The molecule has 0 spiro atoms. The van der Waals surface area contributed by atoms with Crippen LogP contribution in [0.5, 0.6) is 0 Å². The Kier molecular flexibility index (Phi) is 4.33. The van der Waals surface area contributed by atoms with Gasteiger partial charge in [-0.2, -0.15) is 0 Å². The molecule has 0 atom stereocenters. The lowest BCUT2D eigenvalue weighted by Crippen LogP contribution is -2.09. The molecule has 3 heterocycles. The van der Waals surface area contributed by atoms with Gasteiger partial charge >= 0.3 is 0 Å². The van der Waals surface area contributed by atoms with Crippen LogP contribution in [0.15, 0.2) is 67.4 Å². The van der Waals surface area contributed by atoms with Crippen LogP contribution in [-0.4, -0.2) is 31.0 Å². The van der Waals surface area contributed by atoms with Crippen molar-refractivity contribution < 1.29 is 0 Å². The van der Waals surface area contributed by atoms with Crippen LogP contribution >= 0.6 is 0 Å². The lowest BCUT2D eigenvalue weighted by molar-refractivity contribution is 0.666. The number of benzene rings is 1. The van der Waals surface area contributed by atoms with E-state index in [0.29, 0.717) is 5.65 Å². The van der Waals surface area contributed by atoms with Crippen molar-refractivity contribution in [1.29, 1.82) is 0 Å². The van der Waals surface area contributed by atoms with Crippen LogP contribution in [0.3, 0.4) is 0 Å². The Morgan fingerprint density at radius 3 is 2.72 bits per heavy atom. The first-order valence-electron chi connectivity index (χ1n) is 8.28. The fourth-order valence-electron chi connectivity index (χ4n) is 2.83. The van der Waals surface area contributed by atoms with Crippen LogP contribution in [0.25, 0.3) is 22.4 Å². The highest BCUT2D eigenvalue weighted by Crippen LogP contribution is 2.18. The average Bonchev–Trinajstić information content (AvgIpc) is 3.14. The lowest BCUT2D eigenvalue weighted by Gasteiger charge is -2.10. The molecule has 0 bridgehead atoms. The van der Waals surface area contributed by atoms with Gasteiger partial charge in [0.05, 0.1) is 5.39 Å². The quantitative estimate of drug-likeness (QED) is 0.549. The fourth-order valence-corrected chi connectivity index (χ4v) is 2.83.